The molecule has 0 radical (unpaired) electrons. The molecule has 5 heteroatoms. The Balaban J connectivity index is 1.61. The molecule has 0 aliphatic carbocycles. The van der Waals surface area contributed by atoms with Gasteiger partial charge in [0.1, 0.15) is 0 Å². The molecule has 1 spiro atoms. The highest BCUT2D eigenvalue weighted by Gasteiger charge is 2.46. The van der Waals surface area contributed by atoms with Gasteiger partial charge in [-0.3, -0.25) is 9.59 Å². The molecular weight excluding hydrogens is 292 g/mol. The predicted molar refractivity (Wildman–Crippen MR) is 87.0 cm³/mol. The molecule has 124 valence electrons. The first-order chi connectivity index (χ1) is 11.1. The van der Waals surface area contributed by atoms with E-state index in [2.05, 4.69) is 5.32 Å². The fourth-order valence-electron chi connectivity index (χ4n) is 3.70. The first-order valence-electron chi connectivity index (χ1n) is 8.27. The summed E-state index contributed by atoms with van der Waals surface area (Å²) in [6.07, 6.45) is 2.93. The summed E-state index contributed by atoms with van der Waals surface area (Å²) in [5.74, 6) is 0.202. The first kappa shape index (κ1) is 16.0. The highest BCUT2D eigenvalue weighted by Crippen LogP contribution is 2.39. The van der Waals surface area contributed by atoms with Gasteiger partial charge >= 0.3 is 0 Å². The molecule has 2 aliphatic heterocycles. The maximum Gasteiger partial charge on any atom is 0.228 e. The summed E-state index contributed by atoms with van der Waals surface area (Å²) in [6.45, 7) is 1.89. The average Bonchev–Trinajstić information content (AvgIpc) is 2.90. The lowest BCUT2D eigenvalue weighted by Crippen LogP contribution is -2.52. The number of ether oxygens (including phenoxy) is 1. The van der Waals surface area contributed by atoms with Crippen molar-refractivity contribution in [2.45, 2.75) is 37.1 Å². The van der Waals surface area contributed by atoms with E-state index in [0.29, 0.717) is 26.1 Å². The van der Waals surface area contributed by atoms with Crippen molar-refractivity contribution in [2.24, 2.45) is 0 Å². The molecule has 2 aliphatic rings. The van der Waals surface area contributed by atoms with Gasteiger partial charge in [0, 0.05) is 25.7 Å². The number of methoxy groups -OCH3 is 1. The number of piperidine rings is 1. The molecule has 2 saturated heterocycles. The fourth-order valence-corrected chi connectivity index (χ4v) is 3.70. The van der Waals surface area contributed by atoms with E-state index in [1.54, 1.807) is 7.11 Å². The Hall–Kier alpha value is -1.88. The standard InChI is InChI=1S/C18H24N2O3/c1-23-12-7-16(21)20-10-8-18(9-11-20)13-15(17(22)19-18)14-5-3-2-4-6-14/h2-6,15H,7-13H2,1H3,(H,19,22). The molecule has 5 nitrogen and oxygen atoms in total. The molecule has 1 aromatic rings. The Morgan fingerprint density at radius 3 is 2.65 bits per heavy atom. The molecule has 0 saturated carbocycles. The van der Waals surface area contributed by atoms with E-state index >= 15 is 0 Å². The number of hydrogen-bond acceptors (Lipinski definition) is 3. The van der Waals surface area contributed by atoms with Crippen molar-refractivity contribution >= 4 is 11.8 Å². The second kappa shape index (κ2) is 6.71. The van der Waals surface area contributed by atoms with Crippen molar-refractivity contribution in [1.29, 1.82) is 0 Å². The molecule has 0 bridgehead atoms. The zero-order valence-electron chi connectivity index (χ0n) is 13.6. The number of nitrogens with one attached hydrogen (secondary N) is 1. The minimum absolute atomic E-state index is 0.0630. The van der Waals surface area contributed by atoms with Crippen molar-refractivity contribution in [2.75, 3.05) is 26.8 Å². The summed E-state index contributed by atoms with van der Waals surface area (Å²) in [7, 11) is 1.61. The highest BCUT2D eigenvalue weighted by molar-refractivity contribution is 5.87. The smallest absolute Gasteiger partial charge is 0.228 e. The summed E-state index contributed by atoms with van der Waals surface area (Å²) in [4.78, 5) is 26.4. The minimum atomic E-state index is -0.143. The summed E-state index contributed by atoms with van der Waals surface area (Å²) < 4.78 is 4.97. The number of rotatable bonds is 4. The van der Waals surface area contributed by atoms with E-state index in [1.807, 2.05) is 35.2 Å². The summed E-state index contributed by atoms with van der Waals surface area (Å²) in [6, 6.07) is 9.96. The molecule has 2 heterocycles. The maximum atomic E-state index is 12.4. The van der Waals surface area contributed by atoms with Crippen LogP contribution in [-0.2, 0) is 14.3 Å². The monoisotopic (exact) mass is 316 g/mol. The van der Waals surface area contributed by atoms with Gasteiger partial charge in [-0.2, -0.15) is 0 Å². The zero-order valence-corrected chi connectivity index (χ0v) is 13.6. The second-order valence-corrected chi connectivity index (χ2v) is 6.56. The summed E-state index contributed by atoms with van der Waals surface area (Å²) >= 11 is 0. The Kier molecular flexibility index (Phi) is 4.66. The van der Waals surface area contributed by atoms with Crippen LogP contribution in [0.2, 0.25) is 0 Å². The molecule has 1 aromatic carbocycles. The number of hydrogen-bond donors (Lipinski definition) is 1. The van der Waals surface area contributed by atoms with E-state index in [0.717, 1.165) is 24.8 Å². The van der Waals surface area contributed by atoms with Gasteiger partial charge in [0.2, 0.25) is 11.8 Å². The third-order valence-corrected chi connectivity index (χ3v) is 5.09. The van der Waals surface area contributed by atoms with Crippen LogP contribution in [0.1, 0.15) is 37.2 Å². The van der Waals surface area contributed by atoms with Crippen LogP contribution in [0, 0.1) is 0 Å². The van der Waals surface area contributed by atoms with Crippen molar-refractivity contribution in [1.82, 2.24) is 10.2 Å². The summed E-state index contributed by atoms with van der Waals surface area (Å²) in [5.41, 5.74) is 0.941. The Morgan fingerprint density at radius 1 is 1.30 bits per heavy atom. The van der Waals surface area contributed by atoms with Gasteiger partial charge < -0.3 is 15.0 Å². The van der Waals surface area contributed by atoms with Crippen LogP contribution in [0.25, 0.3) is 0 Å². The van der Waals surface area contributed by atoms with E-state index < -0.39 is 0 Å². The lowest BCUT2D eigenvalue weighted by atomic mass is 9.82. The molecule has 23 heavy (non-hydrogen) atoms. The topological polar surface area (TPSA) is 58.6 Å². The number of amides is 2. The number of carbonyl (C=O) groups is 2. The quantitative estimate of drug-likeness (QED) is 0.919. The SMILES string of the molecule is COCCC(=O)N1CCC2(CC1)CC(c1ccccc1)C(=O)N2. The lowest BCUT2D eigenvalue weighted by Gasteiger charge is -2.39. The molecule has 3 rings (SSSR count). The predicted octanol–water partition coefficient (Wildman–Crippen LogP) is 1.69. The van der Waals surface area contributed by atoms with Crippen LogP contribution in [0.15, 0.2) is 30.3 Å². The third-order valence-electron chi connectivity index (χ3n) is 5.09. The normalized spacial score (nSPS) is 23.1. The van der Waals surface area contributed by atoms with Gasteiger partial charge in [-0.05, 0) is 24.8 Å². The van der Waals surface area contributed by atoms with Crippen molar-refractivity contribution in [3.8, 4) is 0 Å². The average molecular weight is 316 g/mol. The molecular formula is C18H24N2O3. The fraction of sp³-hybridized carbons (Fsp3) is 0.556. The Labute approximate surface area is 137 Å². The number of likely N-dealkylation sites (tertiary alicyclic amines) is 1. The van der Waals surface area contributed by atoms with E-state index in [9.17, 15) is 9.59 Å². The van der Waals surface area contributed by atoms with Gasteiger partial charge in [-0.25, -0.2) is 0 Å². The first-order valence-corrected chi connectivity index (χ1v) is 8.27. The van der Waals surface area contributed by atoms with Gasteiger partial charge in [0.05, 0.1) is 18.9 Å². The van der Waals surface area contributed by atoms with Gasteiger partial charge in [-0.1, -0.05) is 30.3 Å². The van der Waals surface area contributed by atoms with Crippen LogP contribution in [0.4, 0.5) is 0 Å². The van der Waals surface area contributed by atoms with Crippen LogP contribution in [0.3, 0.4) is 0 Å². The van der Waals surface area contributed by atoms with E-state index in [4.69, 9.17) is 4.74 Å². The van der Waals surface area contributed by atoms with Crippen molar-refractivity contribution in [3.05, 3.63) is 35.9 Å². The molecule has 1 atom stereocenters. The van der Waals surface area contributed by atoms with E-state index in [-0.39, 0.29) is 23.3 Å². The van der Waals surface area contributed by atoms with E-state index in [1.165, 1.54) is 0 Å². The zero-order chi connectivity index (χ0) is 16.3. The third kappa shape index (κ3) is 3.39. The Morgan fingerprint density at radius 2 is 2.00 bits per heavy atom. The molecule has 1 unspecified atom stereocenters. The summed E-state index contributed by atoms with van der Waals surface area (Å²) in [5, 5.41) is 3.22. The molecule has 1 N–H and O–H groups in total. The lowest BCUT2D eigenvalue weighted by molar-refractivity contribution is -0.133. The highest BCUT2D eigenvalue weighted by atomic mass is 16.5. The van der Waals surface area contributed by atoms with Gasteiger partial charge in [0.25, 0.3) is 0 Å². The van der Waals surface area contributed by atoms with Crippen LogP contribution >= 0.6 is 0 Å². The van der Waals surface area contributed by atoms with Gasteiger partial charge in [0.15, 0.2) is 0 Å². The molecule has 2 amide bonds. The number of benzene rings is 1. The Bertz CT molecular complexity index is 565. The maximum absolute atomic E-state index is 12.4. The van der Waals surface area contributed by atoms with Gasteiger partial charge in [-0.15, -0.1) is 0 Å². The molecule has 2 fully saturated rings. The van der Waals surface area contributed by atoms with Crippen LogP contribution < -0.4 is 5.32 Å². The number of nitrogens with zero attached hydrogens (tertiary/aromatic N) is 1. The largest absolute Gasteiger partial charge is 0.384 e. The minimum Gasteiger partial charge on any atom is -0.384 e. The van der Waals surface area contributed by atoms with Crippen LogP contribution in [0.5, 0.6) is 0 Å². The number of carbonyl (C=O) groups excluding carboxylic acids is 2. The second-order valence-electron chi connectivity index (χ2n) is 6.56. The molecule has 0 aromatic heterocycles. The van der Waals surface area contributed by atoms with Crippen molar-refractivity contribution in [3.63, 3.8) is 0 Å². The van der Waals surface area contributed by atoms with Crippen LogP contribution in [-0.4, -0.2) is 49.1 Å². The van der Waals surface area contributed by atoms with Crippen molar-refractivity contribution < 1.29 is 14.3 Å².